The van der Waals surface area contributed by atoms with Gasteiger partial charge in [0.2, 0.25) is 10.0 Å². The summed E-state index contributed by atoms with van der Waals surface area (Å²) in [5.74, 6) is -0.0228. The van der Waals surface area contributed by atoms with Gasteiger partial charge in [-0.2, -0.15) is 0 Å². The van der Waals surface area contributed by atoms with Crippen molar-refractivity contribution in [2.75, 3.05) is 32.6 Å². The molecule has 0 bridgehead atoms. The summed E-state index contributed by atoms with van der Waals surface area (Å²) in [6.07, 6.45) is 3.94. The van der Waals surface area contributed by atoms with Crippen molar-refractivity contribution < 1.29 is 18.3 Å². The van der Waals surface area contributed by atoms with Gasteiger partial charge in [0.1, 0.15) is 0 Å². The summed E-state index contributed by atoms with van der Waals surface area (Å²) >= 11 is 0. The van der Waals surface area contributed by atoms with E-state index >= 15 is 0 Å². The molecule has 1 saturated carbocycles. The van der Waals surface area contributed by atoms with Crippen molar-refractivity contribution >= 4 is 10.0 Å². The van der Waals surface area contributed by atoms with E-state index < -0.39 is 10.0 Å². The maximum Gasteiger partial charge on any atom is 0.213 e. The van der Waals surface area contributed by atoms with Crippen molar-refractivity contribution in [1.82, 2.24) is 4.72 Å². The lowest BCUT2D eigenvalue weighted by Crippen LogP contribution is -2.39. The first-order valence-corrected chi connectivity index (χ1v) is 7.26. The van der Waals surface area contributed by atoms with Crippen LogP contribution in [0, 0.1) is 5.41 Å². The number of hydrogen-bond donors (Lipinski definition) is 2. The molecule has 2 N–H and O–H groups in total. The minimum Gasteiger partial charge on any atom is -0.396 e. The topological polar surface area (TPSA) is 75.6 Å². The molecule has 0 aromatic rings. The standard InChI is InChI=1S/C10H21NO4S/c1-15-6-7-16(13,14)11-8-10(9-12)4-2-3-5-10/h11-12H,2-9H2,1H3. The van der Waals surface area contributed by atoms with Crippen LogP contribution >= 0.6 is 0 Å². The van der Waals surface area contributed by atoms with Crippen LogP contribution in [0.1, 0.15) is 25.7 Å². The van der Waals surface area contributed by atoms with Crippen molar-refractivity contribution in [3.8, 4) is 0 Å². The first kappa shape index (κ1) is 13.9. The van der Waals surface area contributed by atoms with Gasteiger partial charge >= 0.3 is 0 Å². The van der Waals surface area contributed by atoms with Crippen molar-refractivity contribution in [2.45, 2.75) is 25.7 Å². The van der Waals surface area contributed by atoms with Crippen LogP contribution in [0.3, 0.4) is 0 Å². The molecule has 0 saturated heterocycles. The average molecular weight is 251 g/mol. The average Bonchev–Trinajstić information content (AvgIpc) is 2.74. The Morgan fingerprint density at radius 1 is 1.38 bits per heavy atom. The normalized spacial score (nSPS) is 20.1. The van der Waals surface area contributed by atoms with E-state index in [-0.39, 0.29) is 24.4 Å². The van der Waals surface area contributed by atoms with Gasteiger partial charge in [0.05, 0.1) is 12.4 Å². The molecule has 0 heterocycles. The molecule has 0 aromatic carbocycles. The second kappa shape index (κ2) is 5.95. The summed E-state index contributed by atoms with van der Waals surface area (Å²) in [5, 5.41) is 9.33. The molecule has 1 aliphatic carbocycles. The molecular weight excluding hydrogens is 230 g/mol. The Bertz CT molecular complexity index is 296. The van der Waals surface area contributed by atoms with E-state index in [2.05, 4.69) is 4.72 Å². The zero-order valence-corrected chi connectivity index (χ0v) is 10.6. The maximum atomic E-state index is 11.5. The Kier molecular flexibility index (Phi) is 5.17. The van der Waals surface area contributed by atoms with Gasteiger partial charge in [-0.25, -0.2) is 13.1 Å². The van der Waals surface area contributed by atoms with Crippen LogP contribution in [-0.2, 0) is 14.8 Å². The largest absolute Gasteiger partial charge is 0.396 e. The summed E-state index contributed by atoms with van der Waals surface area (Å²) in [5.41, 5.74) is -0.236. The molecule has 1 rings (SSSR count). The molecule has 6 heteroatoms. The molecule has 1 fully saturated rings. The maximum absolute atomic E-state index is 11.5. The lowest BCUT2D eigenvalue weighted by molar-refractivity contribution is 0.134. The Morgan fingerprint density at radius 3 is 2.50 bits per heavy atom. The number of aliphatic hydroxyl groups excluding tert-OH is 1. The van der Waals surface area contributed by atoms with Crippen LogP contribution in [0.5, 0.6) is 0 Å². The van der Waals surface area contributed by atoms with Crippen LogP contribution in [-0.4, -0.2) is 46.1 Å². The van der Waals surface area contributed by atoms with Gasteiger partial charge in [0.15, 0.2) is 0 Å². The molecule has 0 atom stereocenters. The highest BCUT2D eigenvalue weighted by atomic mass is 32.2. The second-order valence-corrected chi connectivity index (χ2v) is 6.42. The fourth-order valence-corrected chi connectivity index (χ4v) is 3.10. The summed E-state index contributed by atoms with van der Waals surface area (Å²) in [6.45, 7) is 0.594. The molecule has 0 unspecified atom stereocenters. The number of ether oxygens (including phenoxy) is 1. The highest BCUT2D eigenvalue weighted by molar-refractivity contribution is 7.89. The predicted molar refractivity (Wildman–Crippen MR) is 61.7 cm³/mol. The van der Waals surface area contributed by atoms with Crippen LogP contribution < -0.4 is 4.72 Å². The van der Waals surface area contributed by atoms with Crippen LogP contribution in [0.25, 0.3) is 0 Å². The minimum absolute atomic E-state index is 0.0228. The molecule has 1 aliphatic rings. The number of aliphatic hydroxyl groups is 1. The van der Waals surface area contributed by atoms with Gasteiger partial charge in [0.25, 0.3) is 0 Å². The predicted octanol–water partition coefficient (Wildman–Crippen LogP) is 0.105. The van der Waals surface area contributed by atoms with E-state index in [4.69, 9.17) is 4.74 Å². The smallest absolute Gasteiger partial charge is 0.213 e. The molecule has 16 heavy (non-hydrogen) atoms. The molecular formula is C10H21NO4S. The van der Waals surface area contributed by atoms with Gasteiger partial charge < -0.3 is 9.84 Å². The fraction of sp³-hybridized carbons (Fsp3) is 1.00. The minimum atomic E-state index is -3.27. The van der Waals surface area contributed by atoms with E-state index in [1.807, 2.05) is 0 Å². The van der Waals surface area contributed by atoms with E-state index in [0.717, 1.165) is 25.7 Å². The Hall–Kier alpha value is -0.170. The molecule has 0 spiro atoms. The van der Waals surface area contributed by atoms with Crippen LogP contribution in [0.15, 0.2) is 0 Å². The molecule has 0 aromatic heterocycles. The third-order valence-corrected chi connectivity index (χ3v) is 4.51. The highest BCUT2D eigenvalue weighted by Crippen LogP contribution is 2.36. The van der Waals surface area contributed by atoms with E-state index in [1.165, 1.54) is 7.11 Å². The third kappa shape index (κ3) is 4.01. The number of hydrogen-bond acceptors (Lipinski definition) is 4. The quantitative estimate of drug-likeness (QED) is 0.673. The Balaban J connectivity index is 2.43. The van der Waals surface area contributed by atoms with Gasteiger partial charge in [-0.05, 0) is 12.8 Å². The van der Waals surface area contributed by atoms with Gasteiger partial charge in [-0.3, -0.25) is 0 Å². The van der Waals surface area contributed by atoms with E-state index in [9.17, 15) is 13.5 Å². The zero-order chi connectivity index (χ0) is 12.1. The van der Waals surface area contributed by atoms with Crippen molar-refractivity contribution in [3.05, 3.63) is 0 Å². The van der Waals surface area contributed by atoms with Crippen molar-refractivity contribution in [2.24, 2.45) is 5.41 Å². The molecule has 96 valence electrons. The first-order chi connectivity index (χ1) is 7.54. The van der Waals surface area contributed by atoms with Crippen molar-refractivity contribution in [3.63, 3.8) is 0 Å². The number of nitrogens with one attached hydrogen (secondary N) is 1. The van der Waals surface area contributed by atoms with Gasteiger partial charge in [-0.15, -0.1) is 0 Å². The zero-order valence-electron chi connectivity index (χ0n) is 9.74. The second-order valence-electron chi connectivity index (χ2n) is 4.50. The number of methoxy groups -OCH3 is 1. The third-order valence-electron chi connectivity index (χ3n) is 3.22. The number of sulfonamides is 1. The lowest BCUT2D eigenvalue weighted by Gasteiger charge is -2.26. The summed E-state index contributed by atoms with van der Waals surface area (Å²) in [6, 6.07) is 0. The fourth-order valence-electron chi connectivity index (χ4n) is 2.04. The monoisotopic (exact) mass is 251 g/mol. The first-order valence-electron chi connectivity index (χ1n) is 5.61. The Morgan fingerprint density at radius 2 is 2.00 bits per heavy atom. The summed E-state index contributed by atoms with van der Waals surface area (Å²) < 4.78 is 30.4. The van der Waals surface area contributed by atoms with Gasteiger partial charge in [-0.1, -0.05) is 12.8 Å². The molecule has 0 aliphatic heterocycles. The Labute approximate surface area is 97.2 Å². The van der Waals surface area contributed by atoms with Gasteiger partial charge in [0, 0.05) is 25.7 Å². The van der Waals surface area contributed by atoms with E-state index in [0.29, 0.717) is 6.54 Å². The molecule has 5 nitrogen and oxygen atoms in total. The van der Waals surface area contributed by atoms with E-state index in [1.54, 1.807) is 0 Å². The summed E-state index contributed by atoms with van der Waals surface area (Å²) in [7, 11) is -1.79. The summed E-state index contributed by atoms with van der Waals surface area (Å²) in [4.78, 5) is 0. The molecule has 0 radical (unpaired) electrons. The van der Waals surface area contributed by atoms with Crippen molar-refractivity contribution in [1.29, 1.82) is 0 Å². The van der Waals surface area contributed by atoms with Crippen LogP contribution in [0.4, 0.5) is 0 Å². The molecule has 0 amide bonds. The number of rotatable bonds is 7. The SMILES string of the molecule is COCCS(=O)(=O)NCC1(CO)CCCC1. The van der Waals surface area contributed by atoms with Crippen LogP contribution in [0.2, 0.25) is 0 Å². The lowest BCUT2D eigenvalue weighted by atomic mass is 9.88. The highest BCUT2D eigenvalue weighted by Gasteiger charge is 2.34.